The third-order valence-electron chi connectivity index (χ3n) is 4.48. The van der Waals surface area contributed by atoms with E-state index in [0.717, 1.165) is 24.0 Å². The molecular formula is C17H24N4O4S. The number of methoxy groups -OCH3 is 1. The zero-order valence-electron chi connectivity index (χ0n) is 15.0. The van der Waals surface area contributed by atoms with E-state index in [1.807, 2.05) is 31.2 Å². The van der Waals surface area contributed by atoms with E-state index in [9.17, 15) is 8.42 Å². The average Bonchev–Trinajstić information content (AvgIpc) is 3.10. The summed E-state index contributed by atoms with van der Waals surface area (Å²) in [4.78, 5) is 4.29. The molecule has 0 radical (unpaired) electrons. The molecule has 1 aromatic heterocycles. The lowest BCUT2D eigenvalue weighted by Crippen LogP contribution is -2.46. The van der Waals surface area contributed by atoms with Gasteiger partial charge in [0.05, 0.1) is 13.2 Å². The molecule has 1 unspecified atom stereocenters. The number of hydrogen-bond acceptors (Lipinski definition) is 6. The first kappa shape index (κ1) is 19.0. The van der Waals surface area contributed by atoms with Crippen molar-refractivity contribution in [3.63, 3.8) is 0 Å². The van der Waals surface area contributed by atoms with Gasteiger partial charge in [-0.15, -0.1) is 0 Å². The molecule has 1 saturated heterocycles. The first-order valence-electron chi connectivity index (χ1n) is 8.62. The van der Waals surface area contributed by atoms with Crippen LogP contribution < -0.4 is 4.72 Å². The second-order valence-electron chi connectivity index (χ2n) is 6.47. The van der Waals surface area contributed by atoms with Crippen molar-refractivity contribution in [3.05, 3.63) is 35.7 Å². The minimum Gasteiger partial charge on any atom is -0.384 e. The van der Waals surface area contributed by atoms with E-state index in [1.54, 1.807) is 7.11 Å². The van der Waals surface area contributed by atoms with Crippen LogP contribution in [0.2, 0.25) is 0 Å². The SMILES string of the molecule is COCC1CCCN(S(=O)(=O)NCc2nc(-c3ccccc3C)no2)C1. The minimum atomic E-state index is -3.60. The number of aromatic nitrogens is 2. The second-order valence-corrected chi connectivity index (χ2v) is 8.23. The van der Waals surface area contributed by atoms with Crippen LogP contribution in [-0.4, -0.2) is 49.7 Å². The molecule has 1 aliphatic rings. The Bertz CT molecular complexity index is 835. The molecule has 1 aliphatic heterocycles. The molecule has 2 aromatic rings. The number of rotatable bonds is 7. The van der Waals surface area contributed by atoms with E-state index in [1.165, 1.54) is 4.31 Å². The van der Waals surface area contributed by atoms with Crippen molar-refractivity contribution in [2.24, 2.45) is 5.92 Å². The van der Waals surface area contributed by atoms with Gasteiger partial charge in [-0.2, -0.15) is 22.4 Å². The summed E-state index contributed by atoms with van der Waals surface area (Å²) in [5, 5.41) is 3.95. The Balaban J connectivity index is 1.62. The molecule has 1 N–H and O–H groups in total. The molecule has 2 heterocycles. The fraction of sp³-hybridized carbons (Fsp3) is 0.529. The maximum atomic E-state index is 12.5. The van der Waals surface area contributed by atoms with Crippen molar-refractivity contribution >= 4 is 10.2 Å². The van der Waals surface area contributed by atoms with E-state index < -0.39 is 10.2 Å². The van der Waals surface area contributed by atoms with E-state index in [0.29, 0.717) is 25.5 Å². The van der Waals surface area contributed by atoms with Crippen LogP contribution in [0.15, 0.2) is 28.8 Å². The lowest BCUT2D eigenvalue weighted by Gasteiger charge is -2.31. The minimum absolute atomic E-state index is 0.0351. The lowest BCUT2D eigenvalue weighted by atomic mass is 10.0. The van der Waals surface area contributed by atoms with Gasteiger partial charge < -0.3 is 9.26 Å². The van der Waals surface area contributed by atoms with Crippen molar-refractivity contribution in [2.75, 3.05) is 26.8 Å². The molecule has 1 atom stereocenters. The summed E-state index contributed by atoms with van der Waals surface area (Å²) in [7, 11) is -1.96. The Morgan fingerprint density at radius 2 is 2.19 bits per heavy atom. The van der Waals surface area contributed by atoms with Crippen molar-refractivity contribution in [3.8, 4) is 11.4 Å². The van der Waals surface area contributed by atoms with Crippen molar-refractivity contribution in [2.45, 2.75) is 26.3 Å². The Hall–Kier alpha value is -1.81. The lowest BCUT2D eigenvalue weighted by molar-refractivity contribution is 0.118. The van der Waals surface area contributed by atoms with Gasteiger partial charge in [-0.25, -0.2) is 0 Å². The van der Waals surface area contributed by atoms with Crippen LogP contribution in [0, 0.1) is 12.8 Å². The largest absolute Gasteiger partial charge is 0.384 e. The first-order chi connectivity index (χ1) is 12.5. The van der Waals surface area contributed by atoms with Crippen LogP contribution in [-0.2, 0) is 21.5 Å². The highest BCUT2D eigenvalue weighted by Crippen LogP contribution is 2.21. The first-order valence-corrected chi connectivity index (χ1v) is 10.1. The average molecular weight is 380 g/mol. The van der Waals surface area contributed by atoms with Crippen LogP contribution in [0.25, 0.3) is 11.4 Å². The van der Waals surface area contributed by atoms with Crippen LogP contribution in [0.4, 0.5) is 0 Å². The normalized spacial score (nSPS) is 18.9. The third-order valence-corrected chi connectivity index (χ3v) is 6.00. The highest BCUT2D eigenvalue weighted by atomic mass is 32.2. The number of nitrogens with zero attached hydrogens (tertiary/aromatic N) is 3. The van der Waals surface area contributed by atoms with Crippen LogP contribution >= 0.6 is 0 Å². The van der Waals surface area contributed by atoms with Gasteiger partial charge in [0.25, 0.3) is 10.2 Å². The predicted molar refractivity (Wildman–Crippen MR) is 96.4 cm³/mol. The molecule has 0 spiro atoms. The highest BCUT2D eigenvalue weighted by molar-refractivity contribution is 7.87. The molecule has 1 aromatic carbocycles. The maximum Gasteiger partial charge on any atom is 0.279 e. The molecule has 1 fully saturated rings. The topological polar surface area (TPSA) is 97.6 Å². The molecule has 0 saturated carbocycles. The number of aryl methyl sites for hydroxylation is 1. The van der Waals surface area contributed by atoms with Crippen LogP contribution in [0.1, 0.15) is 24.3 Å². The molecule has 8 nitrogen and oxygen atoms in total. The summed E-state index contributed by atoms with van der Waals surface area (Å²) in [6, 6.07) is 7.69. The number of benzene rings is 1. The van der Waals surface area contributed by atoms with Gasteiger partial charge >= 0.3 is 0 Å². The van der Waals surface area contributed by atoms with Gasteiger partial charge in [0.2, 0.25) is 11.7 Å². The van der Waals surface area contributed by atoms with Crippen molar-refractivity contribution in [1.29, 1.82) is 0 Å². The van der Waals surface area contributed by atoms with E-state index in [-0.39, 0.29) is 18.4 Å². The molecule has 26 heavy (non-hydrogen) atoms. The zero-order chi connectivity index (χ0) is 18.6. The molecular weight excluding hydrogens is 356 g/mol. The van der Waals surface area contributed by atoms with Crippen molar-refractivity contribution in [1.82, 2.24) is 19.2 Å². The van der Waals surface area contributed by atoms with E-state index in [4.69, 9.17) is 9.26 Å². The standard InChI is InChI=1S/C17H24N4O4S/c1-13-6-3-4-8-15(13)17-19-16(25-20-17)10-18-26(22,23)21-9-5-7-14(11-21)12-24-2/h3-4,6,8,14,18H,5,7,9-12H2,1-2H3. The molecule has 9 heteroatoms. The fourth-order valence-corrected chi connectivity index (χ4v) is 4.39. The van der Waals surface area contributed by atoms with Gasteiger partial charge in [-0.05, 0) is 31.2 Å². The van der Waals surface area contributed by atoms with Gasteiger partial charge in [-0.3, -0.25) is 0 Å². The zero-order valence-corrected chi connectivity index (χ0v) is 15.8. The molecule has 142 valence electrons. The van der Waals surface area contributed by atoms with Gasteiger partial charge in [0, 0.05) is 25.8 Å². The number of piperidine rings is 1. The highest BCUT2D eigenvalue weighted by Gasteiger charge is 2.29. The monoisotopic (exact) mass is 380 g/mol. The number of nitrogens with one attached hydrogen (secondary N) is 1. The summed E-state index contributed by atoms with van der Waals surface area (Å²) in [6.45, 7) is 3.46. The Morgan fingerprint density at radius 1 is 1.38 bits per heavy atom. The smallest absolute Gasteiger partial charge is 0.279 e. The summed E-state index contributed by atoms with van der Waals surface area (Å²) in [6.07, 6.45) is 1.80. The maximum absolute atomic E-state index is 12.5. The van der Waals surface area contributed by atoms with E-state index in [2.05, 4.69) is 14.9 Å². The molecule has 0 amide bonds. The Labute approximate surface area is 153 Å². The molecule has 0 bridgehead atoms. The Kier molecular flexibility index (Phi) is 6.02. The fourth-order valence-electron chi connectivity index (χ4n) is 3.12. The summed E-state index contributed by atoms with van der Waals surface area (Å²) < 4.78 is 39.4. The number of hydrogen-bond donors (Lipinski definition) is 1. The number of ether oxygens (including phenoxy) is 1. The van der Waals surface area contributed by atoms with Crippen LogP contribution in [0.5, 0.6) is 0 Å². The third kappa shape index (κ3) is 4.47. The van der Waals surface area contributed by atoms with Crippen LogP contribution in [0.3, 0.4) is 0 Å². The molecule has 0 aliphatic carbocycles. The predicted octanol–water partition coefficient (Wildman–Crippen LogP) is 1.74. The second kappa shape index (κ2) is 8.26. The van der Waals surface area contributed by atoms with Gasteiger partial charge in [-0.1, -0.05) is 29.4 Å². The molecule has 3 rings (SSSR count). The summed E-state index contributed by atoms with van der Waals surface area (Å²) in [5.74, 6) is 0.911. The van der Waals surface area contributed by atoms with Gasteiger partial charge in [0.1, 0.15) is 0 Å². The quantitative estimate of drug-likeness (QED) is 0.786. The Morgan fingerprint density at radius 3 is 2.96 bits per heavy atom. The van der Waals surface area contributed by atoms with E-state index >= 15 is 0 Å². The summed E-state index contributed by atoms with van der Waals surface area (Å²) in [5.41, 5.74) is 1.89. The summed E-state index contributed by atoms with van der Waals surface area (Å²) >= 11 is 0. The van der Waals surface area contributed by atoms with Gasteiger partial charge in [0.15, 0.2) is 0 Å². The van der Waals surface area contributed by atoms with Crippen molar-refractivity contribution < 1.29 is 17.7 Å².